The summed E-state index contributed by atoms with van der Waals surface area (Å²) < 4.78 is 0. The van der Waals surface area contributed by atoms with Crippen molar-refractivity contribution in [2.24, 2.45) is 0 Å². The van der Waals surface area contributed by atoms with Crippen LogP contribution in [0.3, 0.4) is 0 Å². The Bertz CT molecular complexity index is 1100. The quantitative estimate of drug-likeness (QED) is 0.300. The summed E-state index contributed by atoms with van der Waals surface area (Å²) in [7, 11) is 0. The van der Waals surface area contributed by atoms with E-state index in [-0.39, 0.29) is 22.2 Å². The fraction of sp³-hybridized carbons (Fsp3) is 0.933. The second kappa shape index (κ2) is 19.3. The van der Waals surface area contributed by atoms with Gasteiger partial charge < -0.3 is 20.4 Å². The van der Waals surface area contributed by atoms with E-state index in [0.29, 0.717) is 29.5 Å². The number of piperidine rings is 2. The van der Waals surface area contributed by atoms with Crippen molar-refractivity contribution in [2.75, 3.05) is 9.80 Å². The van der Waals surface area contributed by atoms with Crippen LogP contribution in [0.5, 0.6) is 0 Å². The number of nitrogens with one attached hydrogen (secondary N) is 2. The van der Waals surface area contributed by atoms with Crippen LogP contribution in [0.1, 0.15) is 222 Å². The first-order valence-electron chi connectivity index (χ1n) is 22.7. The van der Waals surface area contributed by atoms with Gasteiger partial charge in [0, 0.05) is 46.3 Å². The third-order valence-electron chi connectivity index (χ3n) is 13.1. The maximum absolute atomic E-state index is 7.17. The first-order valence-corrected chi connectivity index (χ1v) is 23.1. The van der Waals surface area contributed by atoms with Gasteiger partial charge in [-0.1, -0.05) is 116 Å². The smallest absolute Gasteiger partial charge is 0.231 e. The van der Waals surface area contributed by atoms with E-state index in [2.05, 4.69) is 75.8 Å². The molecular formula is C45H82ClN7. The third-order valence-corrected chi connectivity index (χ3v) is 13.3. The van der Waals surface area contributed by atoms with E-state index in [9.17, 15) is 0 Å². The Balaban J connectivity index is 1.59. The minimum absolute atomic E-state index is 0.0156. The van der Waals surface area contributed by atoms with Gasteiger partial charge in [0.2, 0.25) is 17.2 Å². The predicted molar refractivity (Wildman–Crippen MR) is 228 cm³/mol. The molecule has 53 heavy (non-hydrogen) atoms. The van der Waals surface area contributed by atoms with Gasteiger partial charge in [-0.2, -0.15) is 15.0 Å². The van der Waals surface area contributed by atoms with Crippen molar-refractivity contribution >= 4 is 23.5 Å². The Morgan fingerprint density at radius 2 is 0.642 bits per heavy atom. The van der Waals surface area contributed by atoms with Crippen LogP contribution in [0.2, 0.25) is 5.28 Å². The number of hydrogen-bond acceptors (Lipinski definition) is 7. The number of halogens is 1. The minimum atomic E-state index is 0.0156. The second-order valence-electron chi connectivity index (χ2n) is 20.8. The molecule has 3 heterocycles. The fourth-order valence-corrected chi connectivity index (χ4v) is 11.7. The third kappa shape index (κ3) is 13.5. The molecule has 304 valence electrons. The maximum atomic E-state index is 7.17. The Labute approximate surface area is 331 Å². The topological polar surface area (TPSA) is 69.2 Å². The normalized spacial score (nSPS) is 26.7. The fourth-order valence-electron chi connectivity index (χ4n) is 11.6. The van der Waals surface area contributed by atoms with Crippen molar-refractivity contribution < 1.29 is 0 Å². The number of hydrogen-bond donors (Lipinski definition) is 2. The van der Waals surface area contributed by atoms with Gasteiger partial charge in [-0.25, -0.2) is 0 Å². The lowest BCUT2D eigenvalue weighted by molar-refractivity contribution is 0.151. The van der Waals surface area contributed by atoms with Crippen LogP contribution in [0.15, 0.2) is 0 Å². The molecule has 2 N–H and O–H groups in total. The number of rotatable bonds is 6. The van der Waals surface area contributed by atoms with E-state index in [1.165, 1.54) is 141 Å². The van der Waals surface area contributed by atoms with Crippen LogP contribution in [0.25, 0.3) is 0 Å². The molecule has 4 fully saturated rings. The van der Waals surface area contributed by atoms with E-state index >= 15 is 0 Å². The first-order chi connectivity index (χ1) is 25.1. The highest BCUT2D eigenvalue weighted by Gasteiger charge is 2.45. The molecule has 0 unspecified atom stereocenters. The largest absolute Gasteiger partial charge is 0.335 e. The van der Waals surface area contributed by atoms with Crippen LogP contribution in [0.4, 0.5) is 11.9 Å². The first kappa shape index (κ1) is 43.0. The van der Waals surface area contributed by atoms with Crippen LogP contribution >= 0.6 is 11.6 Å². The molecule has 7 nitrogen and oxygen atoms in total. The molecule has 1 aromatic rings. The van der Waals surface area contributed by atoms with E-state index < -0.39 is 0 Å². The zero-order valence-electron chi connectivity index (χ0n) is 35.8. The number of nitrogens with zero attached hydrogens (tertiary/aromatic N) is 5. The van der Waals surface area contributed by atoms with E-state index in [1.54, 1.807) is 0 Å². The van der Waals surface area contributed by atoms with Gasteiger partial charge in [0.25, 0.3) is 0 Å². The van der Waals surface area contributed by atoms with E-state index in [0.717, 1.165) is 37.6 Å². The summed E-state index contributed by atoms with van der Waals surface area (Å²) in [5.41, 5.74) is 0.0622. The van der Waals surface area contributed by atoms with Gasteiger partial charge in [-0.05, 0) is 118 Å². The minimum Gasteiger partial charge on any atom is -0.335 e. The van der Waals surface area contributed by atoms with E-state index in [1.807, 2.05) is 0 Å². The molecule has 0 spiro atoms. The van der Waals surface area contributed by atoms with Crippen LogP contribution in [-0.2, 0) is 0 Å². The second-order valence-corrected chi connectivity index (χ2v) is 21.1. The Morgan fingerprint density at radius 1 is 0.396 bits per heavy atom. The van der Waals surface area contributed by atoms with Gasteiger partial charge in [0.1, 0.15) is 0 Å². The van der Waals surface area contributed by atoms with Gasteiger partial charge in [-0.3, -0.25) is 0 Å². The molecule has 2 aliphatic heterocycles. The van der Waals surface area contributed by atoms with Crippen molar-refractivity contribution in [1.29, 1.82) is 0 Å². The van der Waals surface area contributed by atoms with E-state index in [4.69, 9.17) is 26.6 Å². The number of aromatic nitrogens is 3. The molecule has 1 aromatic heterocycles. The van der Waals surface area contributed by atoms with Gasteiger partial charge >= 0.3 is 0 Å². The highest BCUT2D eigenvalue weighted by molar-refractivity contribution is 6.28. The molecular weight excluding hydrogens is 674 g/mol. The van der Waals surface area contributed by atoms with Crippen molar-refractivity contribution in [1.82, 2.24) is 25.6 Å². The van der Waals surface area contributed by atoms with Crippen LogP contribution < -0.4 is 20.4 Å². The van der Waals surface area contributed by atoms with Gasteiger partial charge in [-0.15, -0.1) is 0 Å². The van der Waals surface area contributed by atoms with Gasteiger partial charge in [0.05, 0.1) is 0 Å². The summed E-state index contributed by atoms with van der Waals surface area (Å²) in [5.74, 6) is 1.67. The number of anilines is 2. The molecule has 2 saturated heterocycles. The molecule has 8 heteroatoms. The Morgan fingerprint density at radius 3 is 0.906 bits per heavy atom. The molecule has 0 bridgehead atoms. The molecule has 0 radical (unpaired) electrons. The van der Waals surface area contributed by atoms with Crippen molar-refractivity contribution in [3.63, 3.8) is 0 Å². The maximum Gasteiger partial charge on any atom is 0.231 e. The Kier molecular flexibility index (Phi) is 15.7. The molecule has 0 amide bonds. The summed E-state index contributed by atoms with van der Waals surface area (Å²) in [6.45, 7) is 19.1. The molecule has 4 aliphatic rings. The standard InChI is InChI=1S/C45H82ClN7/c1-42(2)31-37(32-43(3,4)50-42)52(35-27-23-19-15-11-9-12-16-20-24-28-35)40-47-39(46)48-41(49-40)53(38-33-44(5,6)51-45(7,8)34-38)36-29-25-21-17-13-10-14-18-22-26-30-36/h35-38,50-51H,9-34H2,1-8H3. The Hall–Kier alpha value is -1.18. The van der Waals surface area contributed by atoms with Gasteiger partial charge in [0.15, 0.2) is 0 Å². The molecule has 2 saturated carbocycles. The molecule has 0 atom stereocenters. The van der Waals surface area contributed by atoms with Crippen LogP contribution in [0, 0.1) is 0 Å². The zero-order chi connectivity index (χ0) is 38.1. The average molecular weight is 757 g/mol. The lowest BCUT2D eigenvalue weighted by Crippen LogP contribution is -2.64. The monoisotopic (exact) mass is 756 g/mol. The lowest BCUT2D eigenvalue weighted by atomic mass is 9.78. The van der Waals surface area contributed by atoms with Crippen molar-refractivity contribution in [3.8, 4) is 0 Å². The summed E-state index contributed by atoms with van der Waals surface area (Å²) in [4.78, 5) is 21.4. The highest BCUT2D eigenvalue weighted by atomic mass is 35.5. The van der Waals surface area contributed by atoms with Crippen molar-refractivity contribution in [2.45, 2.75) is 269 Å². The SMILES string of the molecule is CC1(C)CC(N(c2nc(Cl)nc(N(C3CCCCCCCCCCC3)C3CC(C)(C)NC(C)(C)C3)n2)C2CCCCCCCCCCC2)CC(C)(C)N1. The molecule has 5 rings (SSSR count). The zero-order valence-corrected chi connectivity index (χ0v) is 36.6. The van der Waals surface area contributed by atoms with Crippen molar-refractivity contribution in [3.05, 3.63) is 5.28 Å². The highest BCUT2D eigenvalue weighted by Crippen LogP contribution is 2.40. The summed E-state index contributed by atoms with van der Waals surface area (Å²) in [5, 5.41) is 8.32. The average Bonchev–Trinajstić information content (AvgIpc) is 3.00. The molecule has 0 aromatic carbocycles. The summed E-state index contributed by atoms with van der Waals surface area (Å²) in [6.07, 6.45) is 33.3. The predicted octanol–water partition coefficient (Wildman–Crippen LogP) is 12.1. The molecule has 2 aliphatic carbocycles. The summed E-state index contributed by atoms with van der Waals surface area (Å²) in [6, 6.07) is 1.47. The summed E-state index contributed by atoms with van der Waals surface area (Å²) >= 11 is 7.17. The lowest BCUT2D eigenvalue weighted by Gasteiger charge is -2.52. The van der Waals surface area contributed by atoms with Crippen LogP contribution in [-0.4, -0.2) is 61.3 Å².